The monoisotopic (exact) mass is 312 g/mol. The second-order valence-corrected chi connectivity index (χ2v) is 6.14. The van der Waals surface area contributed by atoms with Crippen molar-refractivity contribution in [1.82, 2.24) is 4.72 Å². The first-order valence-electron chi connectivity index (χ1n) is 6.18. The van der Waals surface area contributed by atoms with E-state index in [1.807, 2.05) is 0 Å². The lowest BCUT2D eigenvalue weighted by molar-refractivity contribution is 0.558. The van der Waals surface area contributed by atoms with Gasteiger partial charge in [0, 0.05) is 6.54 Å². The van der Waals surface area contributed by atoms with E-state index >= 15 is 0 Å². The van der Waals surface area contributed by atoms with Gasteiger partial charge in [0.2, 0.25) is 10.0 Å². The van der Waals surface area contributed by atoms with Gasteiger partial charge < -0.3 is 5.73 Å². The molecule has 0 atom stereocenters. The van der Waals surface area contributed by atoms with Crippen LogP contribution in [0.4, 0.5) is 14.5 Å². The standard InChI is InChI=1S/C14H14F2N2O2S/c15-11-4-1-3-10(9-11)7-8-18-21(19,20)14-12(16)5-2-6-13(14)17/h1-6,9,18H,7-8,17H2. The molecule has 2 aromatic rings. The van der Waals surface area contributed by atoms with Crippen LogP contribution in [0.15, 0.2) is 47.4 Å². The van der Waals surface area contributed by atoms with Gasteiger partial charge in [0.1, 0.15) is 16.5 Å². The minimum atomic E-state index is -4.05. The van der Waals surface area contributed by atoms with E-state index in [1.165, 1.54) is 30.3 Å². The maximum absolute atomic E-state index is 13.6. The van der Waals surface area contributed by atoms with Gasteiger partial charge in [-0.3, -0.25) is 0 Å². The van der Waals surface area contributed by atoms with E-state index in [2.05, 4.69) is 4.72 Å². The van der Waals surface area contributed by atoms with Gasteiger partial charge in [-0.2, -0.15) is 0 Å². The van der Waals surface area contributed by atoms with Crippen LogP contribution in [0.1, 0.15) is 5.56 Å². The zero-order chi connectivity index (χ0) is 15.5. The van der Waals surface area contributed by atoms with Crippen molar-refractivity contribution in [2.75, 3.05) is 12.3 Å². The summed E-state index contributed by atoms with van der Waals surface area (Å²) in [5, 5.41) is 0. The van der Waals surface area contributed by atoms with Gasteiger partial charge in [0.05, 0.1) is 5.69 Å². The number of hydrogen-bond acceptors (Lipinski definition) is 3. The predicted molar refractivity (Wildman–Crippen MR) is 76.1 cm³/mol. The Hall–Kier alpha value is -1.99. The molecule has 0 fully saturated rings. The summed E-state index contributed by atoms with van der Waals surface area (Å²) in [7, 11) is -4.05. The molecule has 0 aliphatic carbocycles. The van der Waals surface area contributed by atoms with E-state index in [1.54, 1.807) is 6.07 Å². The van der Waals surface area contributed by atoms with E-state index in [-0.39, 0.29) is 18.7 Å². The topological polar surface area (TPSA) is 72.2 Å². The summed E-state index contributed by atoms with van der Waals surface area (Å²) >= 11 is 0. The third-order valence-corrected chi connectivity index (χ3v) is 4.41. The normalized spacial score (nSPS) is 11.5. The van der Waals surface area contributed by atoms with Crippen molar-refractivity contribution in [3.05, 3.63) is 59.7 Å². The minimum absolute atomic E-state index is 0.0135. The van der Waals surface area contributed by atoms with Crippen LogP contribution in [0.3, 0.4) is 0 Å². The van der Waals surface area contributed by atoms with E-state index < -0.39 is 26.6 Å². The van der Waals surface area contributed by atoms with Gasteiger partial charge in [0.15, 0.2) is 0 Å². The Kier molecular flexibility index (Phi) is 4.54. The number of nitrogens with one attached hydrogen (secondary N) is 1. The molecular formula is C14H14F2N2O2S. The Labute approximate surface area is 121 Å². The fourth-order valence-corrected chi connectivity index (χ4v) is 3.12. The third kappa shape index (κ3) is 3.77. The van der Waals surface area contributed by atoms with Crippen LogP contribution in [-0.4, -0.2) is 15.0 Å². The average molecular weight is 312 g/mol. The van der Waals surface area contributed by atoms with Crippen LogP contribution in [0.5, 0.6) is 0 Å². The van der Waals surface area contributed by atoms with Crippen LogP contribution in [-0.2, 0) is 16.4 Å². The van der Waals surface area contributed by atoms with E-state index in [0.717, 1.165) is 6.07 Å². The summed E-state index contributed by atoms with van der Waals surface area (Å²) in [6.45, 7) is 0.0135. The van der Waals surface area contributed by atoms with E-state index in [9.17, 15) is 17.2 Å². The van der Waals surface area contributed by atoms with Crippen molar-refractivity contribution < 1.29 is 17.2 Å². The highest BCUT2D eigenvalue weighted by molar-refractivity contribution is 7.89. The van der Waals surface area contributed by atoms with Crippen LogP contribution in [0.25, 0.3) is 0 Å². The second-order valence-electron chi connectivity index (χ2n) is 4.44. The van der Waals surface area contributed by atoms with Crippen molar-refractivity contribution in [2.24, 2.45) is 0 Å². The fourth-order valence-electron chi connectivity index (χ4n) is 1.90. The molecule has 0 unspecified atom stereocenters. The van der Waals surface area contributed by atoms with Gasteiger partial charge in [-0.25, -0.2) is 21.9 Å². The molecule has 0 spiro atoms. The first-order chi connectivity index (χ1) is 9.90. The van der Waals surface area contributed by atoms with Crippen LogP contribution >= 0.6 is 0 Å². The number of anilines is 1. The van der Waals surface area contributed by atoms with Crippen LogP contribution in [0, 0.1) is 11.6 Å². The lowest BCUT2D eigenvalue weighted by Crippen LogP contribution is -2.27. The maximum atomic E-state index is 13.6. The molecule has 0 aliphatic heterocycles. The molecule has 0 saturated heterocycles. The molecule has 112 valence electrons. The maximum Gasteiger partial charge on any atom is 0.245 e. The minimum Gasteiger partial charge on any atom is -0.398 e. The number of nitrogens with two attached hydrogens (primary N) is 1. The van der Waals surface area contributed by atoms with Crippen molar-refractivity contribution in [2.45, 2.75) is 11.3 Å². The molecule has 0 radical (unpaired) electrons. The Morgan fingerprint density at radius 2 is 1.81 bits per heavy atom. The zero-order valence-electron chi connectivity index (χ0n) is 11.0. The highest BCUT2D eigenvalue weighted by Gasteiger charge is 2.21. The van der Waals surface area contributed by atoms with Crippen molar-refractivity contribution in [3.63, 3.8) is 0 Å². The molecule has 3 N–H and O–H groups in total. The summed E-state index contributed by atoms with van der Waals surface area (Å²) in [6, 6.07) is 9.49. The van der Waals surface area contributed by atoms with Crippen LogP contribution < -0.4 is 10.5 Å². The third-order valence-electron chi connectivity index (χ3n) is 2.86. The number of hydrogen-bond donors (Lipinski definition) is 2. The van der Waals surface area contributed by atoms with Gasteiger partial charge in [-0.05, 0) is 36.2 Å². The molecule has 0 aromatic heterocycles. The molecule has 7 heteroatoms. The van der Waals surface area contributed by atoms with Gasteiger partial charge in [-0.15, -0.1) is 0 Å². The second kappa shape index (κ2) is 6.19. The molecule has 0 amide bonds. The number of benzene rings is 2. The smallest absolute Gasteiger partial charge is 0.245 e. The predicted octanol–water partition coefficient (Wildman–Crippen LogP) is 2.07. The van der Waals surface area contributed by atoms with Gasteiger partial charge >= 0.3 is 0 Å². The number of halogens is 2. The van der Waals surface area contributed by atoms with Crippen LogP contribution in [0.2, 0.25) is 0 Å². The molecule has 0 heterocycles. The lowest BCUT2D eigenvalue weighted by Gasteiger charge is -2.10. The molecular weight excluding hydrogens is 298 g/mol. The quantitative estimate of drug-likeness (QED) is 0.830. The first-order valence-corrected chi connectivity index (χ1v) is 7.66. The van der Waals surface area contributed by atoms with E-state index in [4.69, 9.17) is 5.73 Å². The molecule has 2 aromatic carbocycles. The van der Waals surface area contributed by atoms with Crippen molar-refractivity contribution in [1.29, 1.82) is 0 Å². The van der Waals surface area contributed by atoms with Gasteiger partial charge in [-0.1, -0.05) is 18.2 Å². The Morgan fingerprint density at radius 3 is 2.48 bits per heavy atom. The lowest BCUT2D eigenvalue weighted by atomic mass is 10.1. The first kappa shape index (κ1) is 15.4. The Bertz CT molecular complexity index is 728. The van der Waals surface area contributed by atoms with Crippen molar-refractivity contribution in [3.8, 4) is 0 Å². The zero-order valence-corrected chi connectivity index (χ0v) is 11.8. The Balaban J connectivity index is 2.09. The van der Waals surface area contributed by atoms with Crippen molar-refractivity contribution >= 4 is 15.7 Å². The highest BCUT2D eigenvalue weighted by atomic mass is 32.2. The van der Waals surface area contributed by atoms with Gasteiger partial charge in [0.25, 0.3) is 0 Å². The summed E-state index contributed by atoms with van der Waals surface area (Å²) < 4.78 is 52.9. The number of nitrogen functional groups attached to an aromatic ring is 1. The average Bonchev–Trinajstić information content (AvgIpc) is 2.38. The largest absolute Gasteiger partial charge is 0.398 e. The molecule has 21 heavy (non-hydrogen) atoms. The number of rotatable bonds is 5. The summed E-state index contributed by atoms with van der Waals surface area (Å²) in [5.74, 6) is -1.30. The molecule has 2 rings (SSSR count). The molecule has 0 aliphatic rings. The number of sulfonamides is 1. The highest BCUT2D eigenvalue weighted by Crippen LogP contribution is 2.21. The molecule has 4 nitrogen and oxygen atoms in total. The summed E-state index contributed by atoms with van der Waals surface area (Å²) in [5.41, 5.74) is 5.98. The molecule has 0 saturated carbocycles. The SMILES string of the molecule is Nc1cccc(F)c1S(=O)(=O)NCCc1cccc(F)c1. The molecule has 0 bridgehead atoms. The summed E-state index contributed by atoms with van der Waals surface area (Å²) in [6.07, 6.45) is 0.283. The fraction of sp³-hybridized carbons (Fsp3) is 0.143. The van der Waals surface area contributed by atoms with E-state index in [0.29, 0.717) is 5.56 Å². The summed E-state index contributed by atoms with van der Waals surface area (Å²) in [4.78, 5) is -0.566. The Morgan fingerprint density at radius 1 is 1.10 bits per heavy atom.